The number of anilines is 2. The molecule has 1 fully saturated rings. The van der Waals surface area contributed by atoms with E-state index >= 15 is 0 Å². The average Bonchev–Trinajstić information content (AvgIpc) is 3.59. The van der Waals surface area contributed by atoms with Gasteiger partial charge in [0.05, 0.1) is 42.2 Å². The highest BCUT2D eigenvalue weighted by molar-refractivity contribution is 6.06. The van der Waals surface area contributed by atoms with Crippen LogP contribution in [0.4, 0.5) is 11.5 Å². The molecule has 8 heteroatoms. The fraction of sp³-hybridized carbons (Fsp3) is 0.296. The van der Waals surface area contributed by atoms with Gasteiger partial charge in [0, 0.05) is 35.5 Å². The van der Waals surface area contributed by atoms with Crippen LogP contribution in [0.1, 0.15) is 62.9 Å². The average molecular weight is 467 g/mol. The van der Waals surface area contributed by atoms with Gasteiger partial charge in [0.2, 0.25) is 0 Å². The number of hydrogen-bond acceptors (Lipinski definition) is 7. The molecule has 176 valence electrons. The lowest BCUT2D eigenvalue weighted by molar-refractivity contribution is 0.0984. The largest absolute Gasteiger partial charge is 0.383 e. The second kappa shape index (κ2) is 8.39. The number of nitrogens with zero attached hydrogens (tertiary/aromatic N) is 5. The first-order valence-electron chi connectivity index (χ1n) is 11.8. The lowest BCUT2D eigenvalue weighted by atomic mass is 10.0. The summed E-state index contributed by atoms with van der Waals surface area (Å²) in [4.78, 5) is 33.5. The van der Waals surface area contributed by atoms with Crippen LogP contribution in [-0.2, 0) is 24.5 Å². The van der Waals surface area contributed by atoms with Gasteiger partial charge >= 0.3 is 0 Å². The van der Waals surface area contributed by atoms with Gasteiger partial charge in [-0.05, 0) is 55.5 Å². The fourth-order valence-electron chi connectivity index (χ4n) is 4.62. The number of pyridine rings is 2. The molecule has 2 aliphatic rings. The molecule has 0 radical (unpaired) electrons. The molecular formula is C27H26N6O2. The number of benzene rings is 1. The van der Waals surface area contributed by atoms with E-state index < -0.39 is 0 Å². The molecule has 4 heterocycles. The van der Waals surface area contributed by atoms with Crippen LogP contribution in [0, 0.1) is 13.8 Å². The Labute approximate surface area is 203 Å². The zero-order valence-electron chi connectivity index (χ0n) is 19.8. The highest BCUT2D eigenvalue weighted by Crippen LogP contribution is 2.37. The Morgan fingerprint density at radius 2 is 1.83 bits per heavy atom. The molecule has 6 rings (SSSR count). The Bertz CT molecular complexity index is 1460. The van der Waals surface area contributed by atoms with Gasteiger partial charge in [0.15, 0.2) is 0 Å². The molecule has 1 amide bonds. The van der Waals surface area contributed by atoms with E-state index in [0.29, 0.717) is 37.1 Å². The predicted octanol–water partition coefficient (Wildman–Crippen LogP) is 4.37. The minimum Gasteiger partial charge on any atom is -0.383 e. The summed E-state index contributed by atoms with van der Waals surface area (Å²) in [7, 11) is 0. The van der Waals surface area contributed by atoms with Gasteiger partial charge in [-0.15, -0.1) is 0 Å². The normalized spacial score (nSPS) is 14.8. The highest BCUT2D eigenvalue weighted by Gasteiger charge is 2.28. The minimum absolute atomic E-state index is 0.169. The van der Waals surface area contributed by atoms with E-state index in [-0.39, 0.29) is 5.91 Å². The summed E-state index contributed by atoms with van der Waals surface area (Å²) in [5.74, 6) is 1.58. The van der Waals surface area contributed by atoms with Gasteiger partial charge in [-0.1, -0.05) is 12.1 Å². The van der Waals surface area contributed by atoms with Crippen LogP contribution < -0.4 is 10.6 Å². The number of nitrogen functional groups attached to an aromatic ring is 1. The van der Waals surface area contributed by atoms with Crippen molar-refractivity contribution >= 4 is 28.3 Å². The molecule has 1 aliphatic heterocycles. The maximum Gasteiger partial charge on any atom is 0.261 e. The Hall–Kier alpha value is -3.91. The van der Waals surface area contributed by atoms with Crippen molar-refractivity contribution in [2.24, 2.45) is 0 Å². The topological polar surface area (TPSA) is 107 Å². The monoisotopic (exact) mass is 466 g/mol. The first kappa shape index (κ1) is 21.6. The number of rotatable bonds is 5. The fourth-order valence-corrected chi connectivity index (χ4v) is 4.62. The molecule has 2 N–H and O–H groups in total. The van der Waals surface area contributed by atoms with E-state index in [1.54, 1.807) is 23.5 Å². The Kier molecular flexibility index (Phi) is 5.18. The van der Waals surface area contributed by atoms with E-state index in [4.69, 9.17) is 10.5 Å². The van der Waals surface area contributed by atoms with Crippen LogP contribution in [0.5, 0.6) is 0 Å². The van der Waals surface area contributed by atoms with Gasteiger partial charge in [0.25, 0.3) is 5.91 Å². The zero-order chi connectivity index (χ0) is 24.1. The molecule has 35 heavy (non-hydrogen) atoms. The number of ether oxygens (including phenoxy) is 1. The summed E-state index contributed by atoms with van der Waals surface area (Å²) in [6.07, 6.45) is 7.31. The number of fused-ring (bicyclic) bond motifs is 3. The highest BCUT2D eigenvalue weighted by atomic mass is 16.5. The van der Waals surface area contributed by atoms with Gasteiger partial charge in [-0.2, -0.15) is 0 Å². The molecule has 1 saturated carbocycles. The van der Waals surface area contributed by atoms with E-state index in [1.807, 2.05) is 38.1 Å². The molecule has 0 bridgehead atoms. The van der Waals surface area contributed by atoms with Crippen LogP contribution >= 0.6 is 0 Å². The van der Waals surface area contributed by atoms with Crippen molar-refractivity contribution in [1.82, 2.24) is 19.9 Å². The van der Waals surface area contributed by atoms with E-state index in [9.17, 15) is 4.79 Å². The second-order valence-electron chi connectivity index (χ2n) is 9.41. The minimum atomic E-state index is -0.169. The molecule has 0 spiro atoms. The zero-order valence-corrected chi connectivity index (χ0v) is 19.8. The second-order valence-corrected chi connectivity index (χ2v) is 9.41. The van der Waals surface area contributed by atoms with Crippen LogP contribution in [0.2, 0.25) is 0 Å². The van der Waals surface area contributed by atoms with Crippen LogP contribution in [-0.4, -0.2) is 25.8 Å². The van der Waals surface area contributed by atoms with Crippen LogP contribution in [0.25, 0.3) is 10.9 Å². The summed E-state index contributed by atoms with van der Waals surface area (Å²) < 4.78 is 5.60. The molecule has 1 aromatic carbocycles. The van der Waals surface area contributed by atoms with Gasteiger partial charge in [-0.3, -0.25) is 9.78 Å². The number of nitrogens with two attached hydrogens (primary N) is 1. The maximum absolute atomic E-state index is 13.7. The number of hydrogen-bond donors (Lipinski definition) is 1. The van der Waals surface area contributed by atoms with Crippen molar-refractivity contribution in [2.45, 2.75) is 52.4 Å². The SMILES string of the molecule is Cc1cnc(C)c(N(Cc2ccc3c4c(c(N)nc3c2)COC4)C(=O)c2cnc(C3CC3)nc2)c1. The standard InChI is InChI=1S/C27H26N6O2/c1-15-7-24(16(2)29-9-15)33(27(34)19-10-30-26(31-11-19)18-4-5-18)12-17-3-6-20-21-13-35-14-22(21)25(28)32-23(20)8-17/h3,6-11,18H,4-5,12-14H2,1-2H3,(H2,28,32). The smallest absolute Gasteiger partial charge is 0.261 e. The number of carbonyl (C=O) groups is 1. The number of amides is 1. The van der Waals surface area contributed by atoms with Crippen molar-refractivity contribution in [3.63, 3.8) is 0 Å². The third-order valence-electron chi connectivity index (χ3n) is 6.73. The number of carbonyl (C=O) groups excluding carboxylic acids is 1. The summed E-state index contributed by atoms with van der Waals surface area (Å²) >= 11 is 0. The predicted molar refractivity (Wildman–Crippen MR) is 133 cm³/mol. The summed E-state index contributed by atoms with van der Waals surface area (Å²) in [6.45, 7) is 5.26. The quantitative estimate of drug-likeness (QED) is 0.465. The van der Waals surface area contributed by atoms with Gasteiger partial charge in [-0.25, -0.2) is 15.0 Å². The molecular weight excluding hydrogens is 440 g/mol. The van der Waals surface area contributed by atoms with Crippen molar-refractivity contribution in [3.8, 4) is 0 Å². The summed E-state index contributed by atoms with van der Waals surface area (Å²) in [5, 5.41) is 1.03. The molecule has 8 nitrogen and oxygen atoms in total. The molecule has 1 aliphatic carbocycles. The van der Waals surface area contributed by atoms with Crippen molar-refractivity contribution in [2.75, 3.05) is 10.6 Å². The van der Waals surface area contributed by atoms with E-state index in [0.717, 1.165) is 63.2 Å². The Balaban J connectivity index is 1.39. The molecule has 0 saturated heterocycles. The van der Waals surface area contributed by atoms with Crippen molar-refractivity contribution in [1.29, 1.82) is 0 Å². The lowest BCUT2D eigenvalue weighted by Gasteiger charge is -2.25. The first-order chi connectivity index (χ1) is 17.0. The Morgan fingerprint density at radius 3 is 2.60 bits per heavy atom. The van der Waals surface area contributed by atoms with E-state index in [1.165, 1.54) is 0 Å². The maximum atomic E-state index is 13.7. The molecule has 3 aromatic heterocycles. The lowest BCUT2D eigenvalue weighted by Crippen LogP contribution is -2.31. The van der Waals surface area contributed by atoms with Crippen molar-refractivity contribution < 1.29 is 9.53 Å². The third kappa shape index (κ3) is 4.00. The van der Waals surface area contributed by atoms with Gasteiger partial charge in [0.1, 0.15) is 11.6 Å². The van der Waals surface area contributed by atoms with Crippen molar-refractivity contribution in [3.05, 3.63) is 82.2 Å². The molecule has 4 aromatic rings. The number of aromatic nitrogens is 4. The summed E-state index contributed by atoms with van der Waals surface area (Å²) in [6, 6.07) is 8.06. The first-order valence-corrected chi connectivity index (χ1v) is 11.8. The molecule has 0 atom stereocenters. The third-order valence-corrected chi connectivity index (χ3v) is 6.73. The summed E-state index contributed by atoms with van der Waals surface area (Å²) in [5.41, 5.74) is 13.0. The van der Waals surface area contributed by atoms with Crippen LogP contribution in [0.3, 0.4) is 0 Å². The van der Waals surface area contributed by atoms with Gasteiger partial charge < -0.3 is 15.4 Å². The van der Waals surface area contributed by atoms with E-state index in [2.05, 4.69) is 19.9 Å². The molecule has 0 unspecified atom stereocenters. The Morgan fingerprint density at radius 1 is 1.06 bits per heavy atom. The van der Waals surface area contributed by atoms with Crippen LogP contribution in [0.15, 0.2) is 42.9 Å². The number of aryl methyl sites for hydroxylation is 2.